The van der Waals surface area contributed by atoms with E-state index in [1.807, 2.05) is 43.3 Å². The van der Waals surface area contributed by atoms with Gasteiger partial charge in [0.2, 0.25) is 0 Å². The molecule has 3 atom stereocenters. The van der Waals surface area contributed by atoms with Gasteiger partial charge in [-0.15, -0.1) is 0 Å². The predicted molar refractivity (Wildman–Crippen MR) is 96.4 cm³/mol. The van der Waals surface area contributed by atoms with Crippen LogP contribution in [-0.4, -0.2) is 11.1 Å². The maximum Gasteiger partial charge on any atom is 0.0940 e. The van der Waals surface area contributed by atoms with Gasteiger partial charge in [0, 0.05) is 12.1 Å². The second-order valence-corrected chi connectivity index (χ2v) is 6.14. The number of rotatable bonds is 5. The Morgan fingerprint density at radius 2 is 1.39 bits per heavy atom. The number of aliphatic hydroxyl groups is 1. The number of fused-ring (bicyclic) bond motifs is 1. The van der Waals surface area contributed by atoms with Gasteiger partial charge < -0.3 is 10.4 Å². The molecule has 0 bridgehead atoms. The molecule has 118 valence electrons. The van der Waals surface area contributed by atoms with Crippen LogP contribution in [0.1, 0.15) is 37.1 Å². The molecule has 0 fully saturated rings. The van der Waals surface area contributed by atoms with Crippen LogP contribution in [0.25, 0.3) is 10.8 Å². The molecular formula is C21H23NO. The third-order valence-electron chi connectivity index (χ3n) is 4.40. The Morgan fingerprint density at radius 1 is 0.739 bits per heavy atom. The van der Waals surface area contributed by atoms with Crippen LogP contribution in [0.4, 0.5) is 0 Å². The fraction of sp³-hybridized carbons (Fsp3) is 0.238. The average molecular weight is 305 g/mol. The van der Waals surface area contributed by atoms with Crippen molar-refractivity contribution in [3.63, 3.8) is 0 Å². The minimum absolute atomic E-state index is 0.0358. The zero-order chi connectivity index (χ0) is 16.2. The molecule has 0 aliphatic heterocycles. The Bertz CT molecular complexity index is 769. The highest BCUT2D eigenvalue weighted by Crippen LogP contribution is 2.24. The Kier molecular flexibility index (Phi) is 4.75. The van der Waals surface area contributed by atoms with Gasteiger partial charge in [0.25, 0.3) is 0 Å². The van der Waals surface area contributed by atoms with Gasteiger partial charge >= 0.3 is 0 Å². The molecule has 0 aromatic heterocycles. The topological polar surface area (TPSA) is 32.3 Å². The third-order valence-corrected chi connectivity index (χ3v) is 4.40. The minimum Gasteiger partial charge on any atom is -0.387 e. The quantitative estimate of drug-likeness (QED) is 0.721. The molecule has 0 aliphatic rings. The lowest BCUT2D eigenvalue weighted by Crippen LogP contribution is -2.34. The number of nitrogens with one attached hydrogen (secondary N) is 1. The molecule has 0 radical (unpaired) electrons. The van der Waals surface area contributed by atoms with Crippen LogP contribution >= 0.6 is 0 Å². The van der Waals surface area contributed by atoms with Crippen molar-refractivity contribution in [3.05, 3.63) is 83.9 Å². The second-order valence-electron chi connectivity index (χ2n) is 6.14. The maximum atomic E-state index is 10.7. The van der Waals surface area contributed by atoms with E-state index >= 15 is 0 Å². The van der Waals surface area contributed by atoms with Crippen molar-refractivity contribution in [1.82, 2.24) is 5.32 Å². The molecular weight excluding hydrogens is 282 g/mol. The largest absolute Gasteiger partial charge is 0.387 e. The lowest BCUT2D eigenvalue weighted by atomic mass is 9.98. The number of benzene rings is 3. The van der Waals surface area contributed by atoms with Crippen LogP contribution in [0.15, 0.2) is 72.8 Å². The van der Waals surface area contributed by atoms with Gasteiger partial charge in [-0.2, -0.15) is 0 Å². The van der Waals surface area contributed by atoms with Gasteiger partial charge in [0.05, 0.1) is 6.10 Å². The molecule has 0 saturated heterocycles. The fourth-order valence-corrected chi connectivity index (χ4v) is 3.00. The summed E-state index contributed by atoms with van der Waals surface area (Å²) in [6.07, 6.45) is -0.536. The van der Waals surface area contributed by atoms with Crippen molar-refractivity contribution in [1.29, 1.82) is 0 Å². The summed E-state index contributed by atoms with van der Waals surface area (Å²) < 4.78 is 0. The SMILES string of the molecule is C[C@H](N[C@H](C)c1ccccc1)[C@@H](O)c1ccc2ccccc2c1. The summed E-state index contributed by atoms with van der Waals surface area (Å²) in [6.45, 7) is 4.15. The molecule has 2 nitrogen and oxygen atoms in total. The molecule has 0 heterocycles. The van der Waals surface area contributed by atoms with E-state index in [2.05, 4.69) is 48.6 Å². The lowest BCUT2D eigenvalue weighted by Gasteiger charge is -2.25. The molecule has 2 N–H and O–H groups in total. The highest BCUT2D eigenvalue weighted by molar-refractivity contribution is 5.83. The smallest absolute Gasteiger partial charge is 0.0940 e. The van der Waals surface area contributed by atoms with E-state index in [-0.39, 0.29) is 12.1 Å². The van der Waals surface area contributed by atoms with E-state index in [0.717, 1.165) is 10.9 Å². The average Bonchev–Trinajstić information content (AvgIpc) is 2.61. The molecule has 0 aliphatic carbocycles. The van der Waals surface area contributed by atoms with E-state index in [0.29, 0.717) is 0 Å². The van der Waals surface area contributed by atoms with Crippen molar-refractivity contribution in [2.75, 3.05) is 0 Å². The van der Waals surface area contributed by atoms with E-state index < -0.39 is 6.10 Å². The van der Waals surface area contributed by atoms with Crippen LogP contribution in [0.3, 0.4) is 0 Å². The third kappa shape index (κ3) is 3.61. The molecule has 0 amide bonds. The van der Waals surface area contributed by atoms with Crippen LogP contribution in [0.2, 0.25) is 0 Å². The molecule has 3 rings (SSSR count). The summed E-state index contributed by atoms with van der Waals surface area (Å²) in [6, 6.07) is 24.8. The summed E-state index contributed by atoms with van der Waals surface area (Å²) in [7, 11) is 0. The summed E-state index contributed by atoms with van der Waals surface area (Å²) in [5.41, 5.74) is 2.18. The van der Waals surface area contributed by atoms with Crippen molar-refractivity contribution in [3.8, 4) is 0 Å². The van der Waals surface area contributed by atoms with Crippen LogP contribution in [-0.2, 0) is 0 Å². The minimum atomic E-state index is -0.536. The standard InChI is InChI=1S/C21H23NO/c1-15(17-8-4-3-5-9-17)22-16(2)21(23)20-13-12-18-10-6-7-11-19(18)14-20/h3-16,21-23H,1-2H3/t15-,16+,21-/m1/s1. The van der Waals surface area contributed by atoms with Gasteiger partial charge in [-0.1, -0.05) is 66.7 Å². The highest BCUT2D eigenvalue weighted by atomic mass is 16.3. The highest BCUT2D eigenvalue weighted by Gasteiger charge is 2.19. The molecule has 3 aromatic carbocycles. The maximum absolute atomic E-state index is 10.7. The first kappa shape index (κ1) is 15.7. The molecule has 0 unspecified atom stereocenters. The van der Waals surface area contributed by atoms with Gasteiger partial charge in [-0.3, -0.25) is 0 Å². The van der Waals surface area contributed by atoms with Crippen LogP contribution in [0.5, 0.6) is 0 Å². The van der Waals surface area contributed by atoms with Gasteiger partial charge in [-0.25, -0.2) is 0 Å². The van der Waals surface area contributed by atoms with Crippen molar-refractivity contribution in [2.45, 2.75) is 32.0 Å². The first-order chi connectivity index (χ1) is 11.1. The monoisotopic (exact) mass is 305 g/mol. The summed E-state index contributed by atoms with van der Waals surface area (Å²) in [5, 5.41) is 16.5. The number of hydrogen-bond donors (Lipinski definition) is 2. The van der Waals surface area contributed by atoms with E-state index in [1.54, 1.807) is 0 Å². The Labute approximate surface area is 137 Å². The Balaban J connectivity index is 1.74. The van der Waals surface area contributed by atoms with Crippen molar-refractivity contribution in [2.24, 2.45) is 0 Å². The van der Waals surface area contributed by atoms with Crippen LogP contribution in [0, 0.1) is 0 Å². The summed E-state index contributed by atoms with van der Waals surface area (Å²) >= 11 is 0. The number of hydrogen-bond acceptors (Lipinski definition) is 2. The molecule has 0 spiro atoms. The van der Waals surface area contributed by atoms with Crippen molar-refractivity contribution >= 4 is 10.8 Å². The van der Waals surface area contributed by atoms with Gasteiger partial charge in [-0.05, 0) is 41.8 Å². The molecule has 2 heteroatoms. The summed E-state index contributed by atoms with van der Waals surface area (Å²) in [4.78, 5) is 0. The second kappa shape index (κ2) is 6.95. The van der Waals surface area contributed by atoms with Crippen LogP contribution < -0.4 is 5.32 Å². The van der Waals surface area contributed by atoms with E-state index in [1.165, 1.54) is 10.9 Å². The van der Waals surface area contributed by atoms with E-state index in [9.17, 15) is 5.11 Å². The van der Waals surface area contributed by atoms with E-state index in [4.69, 9.17) is 0 Å². The zero-order valence-electron chi connectivity index (χ0n) is 13.6. The lowest BCUT2D eigenvalue weighted by molar-refractivity contribution is 0.130. The normalized spacial score (nSPS) is 15.3. The van der Waals surface area contributed by atoms with Gasteiger partial charge in [0.15, 0.2) is 0 Å². The molecule has 0 saturated carbocycles. The zero-order valence-corrected chi connectivity index (χ0v) is 13.6. The summed E-state index contributed by atoms with van der Waals surface area (Å²) in [5.74, 6) is 0. The first-order valence-electron chi connectivity index (χ1n) is 8.13. The predicted octanol–water partition coefficient (Wildman–Crippen LogP) is 4.61. The Hall–Kier alpha value is -2.16. The molecule has 23 heavy (non-hydrogen) atoms. The number of aliphatic hydroxyl groups excluding tert-OH is 1. The van der Waals surface area contributed by atoms with Gasteiger partial charge in [0.1, 0.15) is 0 Å². The fourth-order valence-electron chi connectivity index (χ4n) is 3.00. The Morgan fingerprint density at radius 3 is 2.13 bits per heavy atom. The van der Waals surface area contributed by atoms with Crippen molar-refractivity contribution < 1.29 is 5.11 Å². The molecule has 3 aromatic rings. The first-order valence-corrected chi connectivity index (χ1v) is 8.13.